The van der Waals surface area contributed by atoms with Crippen molar-refractivity contribution >= 4 is 0 Å². The maximum atomic E-state index is 8.81. The third-order valence-corrected chi connectivity index (χ3v) is 3.49. The molecule has 1 N–H and O–H groups in total. The number of hydrogen-bond donors (Lipinski definition) is 1. The van der Waals surface area contributed by atoms with Crippen molar-refractivity contribution in [1.82, 2.24) is 0 Å². The highest BCUT2D eigenvalue weighted by Crippen LogP contribution is 2.19. The Morgan fingerprint density at radius 1 is 0.688 bits per heavy atom. The molecular weight excluding hydrogens is 196 g/mol. The second kappa shape index (κ2) is 10.1. The summed E-state index contributed by atoms with van der Waals surface area (Å²) in [5, 5.41) is 8.81. The number of aliphatic hydroxyl groups excluding tert-OH is 1. The number of aliphatic hydroxyl groups is 1. The maximum Gasteiger partial charge on any atom is 0.0433 e. The van der Waals surface area contributed by atoms with Crippen molar-refractivity contribution in [3.05, 3.63) is 0 Å². The lowest BCUT2D eigenvalue weighted by atomic mass is 9.93. The summed E-state index contributed by atoms with van der Waals surface area (Å²) < 4.78 is 0. The van der Waals surface area contributed by atoms with Crippen LogP contribution >= 0.6 is 0 Å². The molecule has 1 heteroatoms. The first kappa shape index (κ1) is 16.0. The molecule has 0 saturated carbocycles. The summed E-state index contributed by atoms with van der Waals surface area (Å²) in [4.78, 5) is 0. The minimum absolute atomic E-state index is 0.352. The van der Waals surface area contributed by atoms with Gasteiger partial charge in [0.25, 0.3) is 0 Å². The molecule has 0 unspecified atom stereocenters. The SMILES string of the molecule is CC(C)CCC[C@H](C)CCC[C@@H](C)CCO. The normalized spacial score (nSPS) is 15.4. The first-order valence-corrected chi connectivity index (χ1v) is 7.17. The lowest BCUT2D eigenvalue weighted by Crippen LogP contribution is -2.01. The monoisotopic (exact) mass is 228 g/mol. The third-order valence-electron chi connectivity index (χ3n) is 3.49. The lowest BCUT2D eigenvalue weighted by Gasteiger charge is -2.14. The van der Waals surface area contributed by atoms with Crippen molar-refractivity contribution in [3.63, 3.8) is 0 Å². The van der Waals surface area contributed by atoms with E-state index in [4.69, 9.17) is 5.11 Å². The molecule has 0 aromatic heterocycles. The van der Waals surface area contributed by atoms with Crippen LogP contribution in [0.5, 0.6) is 0 Å². The molecule has 0 aliphatic carbocycles. The molecule has 2 atom stereocenters. The molecule has 0 radical (unpaired) electrons. The zero-order valence-electron chi connectivity index (χ0n) is 11.8. The molecule has 0 rings (SSSR count). The molecule has 0 bridgehead atoms. The molecule has 0 heterocycles. The average Bonchev–Trinajstić information content (AvgIpc) is 2.17. The molecule has 0 aromatic carbocycles. The Bertz CT molecular complexity index is 142. The average molecular weight is 228 g/mol. The van der Waals surface area contributed by atoms with Crippen molar-refractivity contribution in [2.75, 3.05) is 6.61 Å². The summed E-state index contributed by atoms with van der Waals surface area (Å²) in [6.45, 7) is 9.60. The van der Waals surface area contributed by atoms with Crippen LogP contribution in [0, 0.1) is 17.8 Å². The molecule has 16 heavy (non-hydrogen) atoms. The van der Waals surface area contributed by atoms with Gasteiger partial charge >= 0.3 is 0 Å². The van der Waals surface area contributed by atoms with Gasteiger partial charge in [0.15, 0.2) is 0 Å². The molecule has 98 valence electrons. The van der Waals surface area contributed by atoms with E-state index in [1.165, 1.54) is 38.5 Å². The summed E-state index contributed by atoms with van der Waals surface area (Å²) in [5.74, 6) is 2.45. The molecule has 0 aliphatic rings. The van der Waals surface area contributed by atoms with E-state index in [0.29, 0.717) is 12.5 Å². The van der Waals surface area contributed by atoms with Gasteiger partial charge < -0.3 is 5.11 Å². The van der Waals surface area contributed by atoms with Crippen LogP contribution in [-0.4, -0.2) is 11.7 Å². The van der Waals surface area contributed by atoms with Gasteiger partial charge in [-0.05, 0) is 24.2 Å². The van der Waals surface area contributed by atoms with E-state index < -0.39 is 0 Å². The van der Waals surface area contributed by atoms with E-state index in [1.54, 1.807) is 0 Å². The summed E-state index contributed by atoms with van der Waals surface area (Å²) in [7, 11) is 0. The van der Waals surface area contributed by atoms with Crippen LogP contribution in [0.1, 0.15) is 72.6 Å². The molecular formula is C15H32O. The Labute approximate surface area is 103 Å². The van der Waals surface area contributed by atoms with E-state index in [1.807, 2.05) is 0 Å². The smallest absolute Gasteiger partial charge is 0.0433 e. The Morgan fingerprint density at radius 3 is 1.56 bits per heavy atom. The van der Waals surface area contributed by atoms with Crippen LogP contribution in [0.15, 0.2) is 0 Å². The molecule has 0 saturated heterocycles. The summed E-state index contributed by atoms with van der Waals surface area (Å²) in [5.41, 5.74) is 0. The van der Waals surface area contributed by atoms with Gasteiger partial charge in [0.1, 0.15) is 0 Å². The van der Waals surface area contributed by atoms with Gasteiger partial charge in [-0.3, -0.25) is 0 Å². The summed E-state index contributed by atoms with van der Waals surface area (Å²) in [6.07, 6.45) is 9.14. The third kappa shape index (κ3) is 10.5. The second-order valence-electron chi connectivity index (χ2n) is 5.98. The predicted octanol–water partition coefficient (Wildman–Crippen LogP) is 4.64. The minimum Gasteiger partial charge on any atom is -0.396 e. The molecule has 0 fully saturated rings. The van der Waals surface area contributed by atoms with Gasteiger partial charge in [-0.2, -0.15) is 0 Å². The number of hydrogen-bond acceptors (Lipinski definition) is 1. The lowest BCUT2D eigenvalue weighted by molar-refractivity contribution is 0.255. The van der Waals surface area contributed by atoms with Crippen LogP contribution in [0.2, 0.25) is 0 Å². The van der Waals surface area contributed by atoms with Crippen LogP contribution in [0.4, 0.5) is 0 Å². The van der Waals surface area contributed by atoms with E-state index in [-0.39, 0.29) is 0 Å². The van der Waals surface area contributed by atoms with E-state index >= 15 is 0 Å². The van der Waals surface area contributed by atoms with Crippen molar-refractivity contribution in [3.8, 4) is 0 Å². The Balaban J connectivity index is 3.32. The Hall–Kier alpha value is -0.0400. The van der Waals surface area contributed by atoms with Gasteiger partial charge in [0, 0.05) is 6.61 Å². The molecule has 0 aromatic rings. The molecule has 0 amide bonds. The maximum absolute atomic E-state index is 8.81. The zero-order valence-corrected chi connectivity index (χ0v) is 11.8. The van der Waals surface area contributed by atoms with Crippen molar-refractivity contribution in [2.45, 2.75) is 72.6 Å². The molecule has 0 spiro atoms. The fourth-order valence-electron chi connectivity index (χ4n) is 2.20. The Morgan fingerprint density at radius 2 is 1.12 bits per heavy atom. The standard InChI is InChI=1S/C15H32O/c1-13(2)7-5-8-14(3)9-6-10-15(4)11-12-16/h13-16H,5-12H2,1-4H3/t14-,15+/m0/s1. The second-order valence-corrected chi connectivity index (χ2v) is 5.98. The first-order chi connectivity index (χ1) is 7.56. The van der Waals surface area contributed by atoms with Crippen LogP contribution < -0.4 is 0 Å². The van der Waals surface area contributed by atoms with E-state index in [9.17, 15) is 0 Å². The van der Waals surface area contributed by atoms with E-state index in [0.717, 1.165) is 18.3 Å². The van der Waals surface area contributed by atoms with Gasteiger partial charge in [-0.1, -0.05) is 66.2 Å². The van der Waals surface area contributed by atoms with Crippen LogP contribution in [0.3, 0.4) is 0 Å². The van der Waals surface area contributed by atoms with Crippen molar-refractivity contribution < 1.29 is 5.11 Å². The fraction of sp³-hybridized carbons (Fsp3) is 1.00. The number of rotatable bonds is 10. The van der Waals surface area contributed by atoms with Crippen molar-refractivity contribution in [2.24, 2.45) is 17.8 Å². The highest BCUT2D eigenvalue weighted by atomic mass is 16.3. The largest absolute Gasteiger partial charge is 0.396 e. The summed E-state index contributed by atoms with van der Waals surface area (Å²) >= 11 is 0. The van der Waals surface area contributed by atoms with Crippen LogP contribution in [0.25, 0.3) is 0 Å². The highest BCUT2D eigenvalue weighted by molar-refractivity contribution is 4.58. The zero-order chi connectivity index (χ0) is 12.4. The predicted molar refractivity (Wildman–Crippen MR) is 72.6 cm³/mol. The quantitative estimate of drug-likeness (QED) is 0.577. The van der Waals surface area contributed by atoms with Gasteiger partial charge in [0.05, 0.1) is 0 Å². The Kier molecular flexibility index (Phi) is 10.1. The minimum atomic E-state index is 0.352. The highest BCUT2D eigenvalue weighted by Gasteiger charge is 2.05. The molecule has 1 nitrogen and oxygen atoms in total. The topological polar surface area (TPSA) is 20.2 Å². The van der Waals surface area contributed by atoms with Crippen molar-refractivity contribution in [1.29, 1.82) is 0 Å². The first-order valence-electron chi connectivity index (χ1n) is 7.17. The van der Waals surface area contributed by atoms with Crippen LogP contribution in [-0.2, 0) is 0 Å². The van der Waals surface area contributed by atoms with Gasteiger partial charge in [-0.25, -0.2) is 0 Å². The van der Waals surface area contributed by atoms with Gasteiger partial charge in [-0.15, -0.1) is 0 Å². The summed E-state index contributed by atoms with van der Waals surface area (Å²) in [6, 6.07) is 0. The van der Waals surface area contributed by atoms with E-state index in [2.05, 4.69) is 27.7 Å². The fourth-order valence-corrected chi connectivity index (χ4v) is 2.20. The van der Waals surface area contributed by atoms with Gasteiger partial charge in [0.2, 0.25) is 0 Å². The molecule has 0 aliphatic heterocycles.